The SMILES string of the molecule is CCC(C)(C)C(=O)OC1CCCCC1Nc1ccc(C(=C2C=CC(=[N+](C)c3c(C)cc(C)cc3C)C=C2)c2ccc(N(C)c3c(C)cc(C)cc3C)cc2)c2ccccc12. The lowest BCUT2D eigenvalue weighted by Gasteiger charge is -2.35. The Kier molecular flexibility index (Phi) is 12.4. The van der Waals surface area contributed by atoms with Gasteiger partial charge in [-0.05, 0) is 162 Å². The lowest BCUT2D eigenvalue weighted by molar-refractivity contribution is -0.404. The lowest BCUT2D eigenvalue weighted by atomic mass is 9.87. The molecule has 0 spiro atoms. The van der Waals surface area contributed by atoms with E-state index in [2.05, 4.69) is 187 Å². The third kappa shape index (κ3) is 8.64. The summed E-state index contributed by atoms with van der Waals surface area (Å²) in [6.07, 6.45) is 13.7. The first kappa shape index (κ1) is 42.4. The van der Waals surface area contributed by atoms with Crippen LogP contribution in [0.25, 0.3) is 16.3 Å². The summed E-state index contributed by atoms with van der Waals surface area (Å²) in [7, 11) is 4.33. The van der Waals surface area contributed by atoms with Crippen LogP contribution in [0.5, 0.6) is 0 Å². The van der Waals surface area contributed by atoms with E-state index in [-0.39, 0.29) is 18.1 Å². The Bertz CT molecular complexity index is 2500. The fourth-order valence-electron chi connectivity index (χ4n) is 9.53. The van der Waals surface area contributed by atoms with Crippen molar-refractivity contribution in [2.75, 3.05) is 24.3 Å². The Morgan fingerprint density at radius 3 is 1.97 bits per heavy atom. The molecule has 5 aromatic rings. The molecule has 7 rings (SSSR count). The highest BCUT2D eigenvalue weighted by Gasteiger charge is 2.34. The Labute approximate surface area is 359 Å². The van der Waals surface area contributed by atoms with Gasteiger partial charge >= 0.3 is 5.97 Å². The molecule has 0 heterocycles. The molecular weight excluding hydrogens is 735 g/mol. The predicted molar refractivity (Wildman–Crippen MR) is 255 cm³/mol. The minimum Gasteiger partial charge on any atom is -0.460 e. The molecule has 2 unspecified atom stereocenters. The number of fused-ring (bicyclic) bond motifs is 1. The van der Waals surface area contributed by atoms with Gasteiger partial charge in [0.05, 0.1) is 11.5 Å². The molecule has 0 amide bonds. The number of aryl methyl sites for hydroxylation is 6. The second kappa shape index (κ2) is 17.5. The van der Waals surface area contributed by atoms with E-state index >= 15 is 0 Å². The van der Waals surface area contributed by atoms with Crippen LogP contribution in [-0.2, 0) is 9.53 Å². The molecule has 0 radical (unpaired) electrons. The van der Waals surface area contributed by atoms with E-state index in [0.29, 0.717) is 0 Å². The molecule has 0 bridgehead atoms. The maximum absolute atomic E-state index is 13.3. The topological polar surface area (TPSA) is 44.6 Å². The predicted octanol–water partition coefficient (Wildman–Crippen LogP) is 13.5. The van der Waals surface area contributed by atoms with Crippen LogP contribution in [0.4, 0.5) is 22.7 Å². The zero-order valence-corrected chi connectivity index (χ0v) is 37.8. The van der Waals surface area contributed by atoms with Gasteiger partial charge in [-0.15, -0.1) is 0 Å². The van der Waals surface area contributed by atoms with Gasteiger partial charge in [-0.25, -0.2) is 0 Å². The fraction of sp³-hybridized carbons (Fsp3) is 0.345. The van der Waals surface area contributed by atoms with Crippen molar-refractivity contribution >= 4 is 50.8 Å². The summed E-state index contributed by atoms with van der Waals surface area (Å²) in [6, 6.07) is 31.4. The summed E-state index contributed by atoms with van der Waals surface area (Å²) < 4.78 is 8.56. The monoisotopic (exact) mass is 798 g/mol. The van der Waals surface area contributed by atoms with Crippen molar-refractivity contribution in [3.05, 3.63) is 159 Å². The van der Waals surface area contributed by atoms with Crippen LogP contribution in [0.2, 0.25) is 0 Å². The minimum absolute atomic E-state index is 0.0451. The maximum atomic E-state index is 13.3. The first-order valence-electron chi connectivity index (χ1n) is 21.9. The van der Waals surface area contributed by atoms with Crippen molar-refractivity contribution in [2.24, 2.45) is 5.41 Å². The highest BCUT2D eigenvalue weighted by atomic mass is 16.5. The number of nitrogens with zero attached hydrogens (tertiary/aromatic N) is 2. The molecule has 1 N–H and O–H groups in total. The van der Waals surface area contributed by atoms with Crippen LogP contribution in [-0.4, -0.2) is 42.5 Å². The Morgan fingerprint density at radius 1 is 0.767 bits per heavy atom. The van der Waals surface area contributed by atoms with E-state index in [1.807, 2.05) is 13.8 Å². The first-order chi connectivity index (χ1) is 28.7. The molecule has 0 saturated heterocycles. The van der Waals surface area contributed by atoms with Crippen LogP contribution >= 0.6 is 0 Å². The van der Waals surface area contributed by atoms with E-state index in [1.165, 1.54) is 61.3 Å². The summed E-state index contributed by atoms with van der Waals surface area (Å²) in [4.78, 5) is 15.6. The van der Waals surface area contributed by atoms with E-state index < -0.39 is 5.41 Å². The molecule has 5 nitrogen and oxygen atoms in total. The lowest BCUT2D eigenvalue weighted by Crippen LogP contribution is -2.42. The molecule has 1 saturated carbocycles. The average Bonchev–Trinajstić information content (AvgIpc) is 3.22. The normalized spacial score (nSPS) is 16.6. The second-order valence-electron chi connectivity index (χ2n) is 18.0. The Morgan fingerprint density at radius 2 is 1.35 bits per heavy atom. The van der Waals surface area contributed by atoms with Gasteiger partial charge in [0.2, 0.25) is 11.4 Å². The smallest absolute Gasteiger partial charge is 0.311 e. The van der Waals surface area contributed by atoms with Crippen molar-refractivity contribution in [3.63, 3.8) is 0 Å². The number of ether oxygens (including phenoxy) is 1. The van der Waals surface area contributed by atoms with Gasteiger partial charge in [-0.1, -0.05) is 79.1 Å². The van der Waals surface area contributed by atoms with Crippen LogP contribution in [0.15, 0.2) is 115 Å². The molecule has 2 aliphatic rings. The van der Waals surface area contributed by atoms with E-state index in [4.69, 9.17) is 4.74 Å². The highest BCUT2D eigenvalue weighted by molar-refractivity contribution is 6.08. The first-order valence-corrected chi connectivity index (χ1v) is 21.9. The third-order valence-corrected chi connectivity index (χ3v) is 13.0. The molecule has 2 atom stereocenters. The number of benzene rings is 5. The van der Waals surface area contributed by atoms with E-state index in [1.54, 1.807) is 0 Å². The van der Waals surface area contributed by atoms with Gasteiger partial charge in [-0.2, -0.15) is 4.58 Å². The zero-order chi connectivity index (χ0) is 42.9. The van der Waals surface area contributed by atoms with Crippen LogP contribution in [0.3, 0.4) is 0 Å². The Balaban J connectivity index is 1.32. The van der Waals surface area contributed by atoms with Crippen molar-refractivity contribution in [2.45, 2.75) is 107 Å². The minimum atomic E-state index is -0.499. The van der Waals surface area contributed by atoms with E-state index in [0.717, 1.165) is 65.7 Å². The van der Waals surface area contributed by atoms with Crippen molar-refractivity contribution in [3.8, 4) is 0 Å². The number of hydrogen-bond acceptors (Lipinski definition) is 4. The number of carbonyl (C=O) groups is 1. The summed E-state index contributed by atoms with van der Waals surface area (Å²) in [5.41, 5.74) is 17.7. The number of allylic oxidation sites excluding steroid dienone is 5. The Hall–Kier alpha value is -5.68. The van der Waals surface area contributed by atoms with Crippen LogP contribution in [0.1, 0.15) is 97.4 Å². The van der Waals surface area contributed by atoms with Crippen molar-refractivity contribution in [1.29, 1.82) is 0 Å². The number of nitrogens with one attached hydrogen (secondary N) is 1. The molecule has 310 valence electrons. The molecule has 60 heavy (non-hydrogen) atoms. The van der Waals surface area contributed by atoms with Gasteiger partial charge in [0.15, 0.2) is 0 Å². The highest BCUT2D eigenvalue weighted by Crippen LogP contribution is 2.40. The number of rotatable bonds is 10. The zero-order valence-electron chi connectivity index (χ0n) is 37.8. The molecule has 1 fully saturated rings. The average molecular weight is 799 g/mol. The molecular formula is C55H64N3O2+. The molecule has 5 heteroatoms. The van der Waals surface area contributed by atoms with E-state index in [9.17, 15) is 4.79 Å². The van der Waals surface area contributed by atoms with Gasteiger partial charge in [0, 0.05) is 52.8 Å². The summed E-state index contributed by atoms with van der Waals surface area (Å²) in [5.74, 6) is -0.106. The third-order valence-electron chi connectivity index (χ3n) is 13.0. The van der Waals surface area contributed by atoms with Crippen molar-refractivity contribution < 1.29 is 14.1 Å². The molecule has 0 aromatic heterocycles. The number of carbonyl (C=O) groups excluding carboxylic acids is 1. The largest absolute Gasteiger partial charge is 0.460 e. The molecule has 0 aliphatic heterocycles. The maximum Gasteiger partial charge on any atom is 0.311 e. The summed E-state index contributed by atoms with van der Waals surface area (Å²) >= 11 is 0. The molecule has 2 aliphatic carbocycles. The fourth-order valence-corrected chi connectivity index (χ4v) is 9.53. The van der Waals surface area contributed by atoms with Gasteiger partial charge in [0.1, 0.15) is 13.2 Å². The quantitative estimate of drug-likeness (QED) is 0.113. The molecule has 5 aromatic carbocycles. The van der Waals surface area contributed by atoms with Gasteiger partial charge in [-0.3, -0.25) is 4.79 Å². The van der Waals surface area contributed by atoms with Crippen LogP contribution in [0, 0.1) is 47.0 Å². The van der Waals surface area contributed by atoms with Gasteiger partial charge in [0.25, 0.3) is 0 Å². The van der Waals surface area contributed by atoms with Crippen LogP contribution < -0.4 is 10.2 Å². The number of anilines is 3. The number of esters is 1. The number of hydrogen-bond donors (Lipinski definition) is 1. The van der Waals surface area contributed by atoms with Gasteiger partial charge < -0.3 is 15.0 Å². The summed E-state index contributed by atoms with van der Waals surface area (Å²) in [5, 5.41) is 6.22. The second-order valence-corrected chi connectivity index (χ2v) is 18.0. The standard InChI is InChI=1S/C55H63N3O2/c1-12-55(8,9)54(59)60-50-20-16-15-19-49(50)56-48-30-29-47(45-17-13-14-18-46(45)48)51(41-21-25-43(26-22-41)57(10)52-37(4)31-35(2)32-38(52)5)42-23-27-44(28-24-42)58(11)53-39(6)33-36(3)34-40(53)7/h13-14,17-18,21-34,49-50H,12,15-16,19-20H2,1-11H3/p+1. The van der Waals surface area contributed by atoms with Crippen molar-refractivity contribution in [1.82, 2.24) is 0 Å². The summed E-state index contributed by atoms with van der Waals surface area (Å²) in [6.45, 7) is 19.1.